The third kappa shape index (κ3) is 2.96. The van der Waals surface area contributed by atoms with Crippen molar-refractivity contribution in [2.24, 2.45) is 0 Å². The number of rotatable bonds is 3. The Kier molecular flexibility index (Phi) is 3.78. The predicted molar refractivity (Wildman–Crippen MR) is 64.5 cm³/mol. The van der Waals surface area contributed by atoms with Gasteiger partial charge in [0, 0.05) is 6.20 Å². The Labute approximate surface area is 112 Å². The summed E-state index contributed by atoms with van der Waals surface area (Å²) < 4.78 is 4.86. The minimum Gasteiger partial charge on any atom is -0.343 e. The lowest BCUT2D eigenvalue weighted by atomic mass is 10.2. The first-order chi connectivity index (χ1) is 8.56. The number of halogens is 2. The van der Waals surface area contributed by atoms with Crippen LogP contribution in [-0.2, 0) is 6.54 Å². The topological polar surface area (TPSA) is 80.9 Å². The van der Waals surface area contributed by atoms with E-state index in [1.165, 1.54) is 12.3 Å². The average Bonchev–Trinajstić information content (AvgIpc) is 2.75. The number of carbonyl (C=O) groups excluding carboxylic acids is 1. The molecule has 1 amide bonds. The molecule has 0 aromatic carbocycles. The van der Waals surface area contributed by atoms with Gasteiger partial charge in [0.15, 0.2) is 5.82 Å². The summed E-state index contributed by atoms with van der Waals surface area (Å²) in [5, 5.41) is 6.61. The first-order valence-electron chi connectivity index (χ1n) is 4.94. The largest absolute Gasteiger partial charge is 0.343 e. The molecular weight excluding hydrogens is 279 g/mol. The fourth-order valence-electron chi connectivity index (χ4n) is 1.25. The van der Waals surface area contributed by atoms with Gasteiger partial charge in [0.25, 0.3) is 5.91 Å². The van der Waals surface area contributed by atoms with Crippen LogP contribution in [-0.4, -0.2) is 21.0 Å². The molecule has 2 rings (SSSR count). The van der Waals surface area contributed by atoms with Crippen LogP contribution in [0, 0.1) is 6.92 Å². The SMILES string of the molecule is Cc1noc(CNC(=O)c2cc(Cl)ncc2Cl)n1. The van der Waals surface area contributed by atoms with Crippen molar-refractivity contribution in [3.63, 3.8) is 0 Å². The van der Waals surface area contributed by atoms with E-state index in [0.717, 1.165) is 0 Å². The number of pyridine rings is 1. The normalized spacial score (nSPS) is 10.4. The van der Waals surface area contributed by atoms with Crippen molar-refractivity contribution in [3.8, 4) is 0 Å². The van der Waals surface area contributed by atoms with Gasteiger partial charge in [-0.25, -0.2) is 4.98 Å². The van der Waals surface area contributed by atoms with E-state index in [-0.39, 0.29) is 28.2 Å². The van der Waals surface area contributed by atoms with E-state index in [1.54, 1.807) is 6.92 Å². The number of amides is 1. The van der Waals surface area contributed by atoms with Crippen LogP contribution in [0.15, 0.2) is 16.8 Å². The molecule has 2 heterocycles. The van der Waals surface area contributed by atoms with E-state index in [0.29, 0.717) is 11.7 Å². The van der Waals surface area contributed by atoms with E-state index in [1.807, 2.05) is 0 Å². The first kappa shape index (κ1) is 12.8. The zero-order valence-electron chi connectivity index (χ0n) is 9.28. The van der Waals surface area contributed by atoms with E-state index in [4.69, 9.17) is 27.7 Å². The molecule has 0 unspecified atom stereocenters. The molecule has 18 heavy (non-hydrogen) atoms. The quantitative estimate of drug-likeness (QED) is 0.873. The van der Waals surface area contributed by atoms with E-state index >= 15 is 0 Å². The summed E-state index contributed by atoms with van der Waals surface area (Å²) in [6.07, 6.45) is 1.32. The molecule has 0 saturated carbocycles. The highest BCUT2D eigenvalue weighted by Gasteiger charge is 2.12. The summed E-state index contributed by atoms with van der Waals surface area (Å²) in [6, 6.07) is 1.39. The number of nitrogens with one attached hydrogen (secondary N) is 1. The molecule has 1 N–H and O–H groups in total. The number of hydrogen-bond acceptors (Lipinski definition) is 5. The Balaban J connectivity index is 2.05. The first-order valence-corrected chi connectivity index (χ1v) is 5.70. The Hall–Kier alpha value is -1.66. The molecule has 94 valence electrons. The Morgan fingerprint density at radius 1 is 1.50 bits per heavy atom. The highest BCUT2D eigenvalue weighted by atomic mass is 35.5. The van der Waals surface area contributed by atoms with E-state index < -0.39 is 0 Å². The van der Waals surface area contributed by atoms with Crippen molar-refractivity contribution < 1.29 is 9.32 Å². The van der Waals surface area contributed by atoms with Crippen LogP contribution >= 0.6 is 23.2 Å². The molecule has 0 aliphatic rings. The molecule has 0 saturated heterocycles. The lowest BCUT2D eigenvalue weighted by Gasteiger charge is -2.04. The van der Waals surface area contributed by atoms with E-state index in [9.17, 15) is 4.79 Å². The zero-order chi connectivity index (χ0) is 13.1. The van der Waals surface area contributed by atoms with Crippen LogP contribution in [0.2, 0.25) is 10.2 Å². The van der Waals surface area contributed by atoms with Gasteiger partial charge in [-0.15, -0.1) is 0 Å². The lowest BCUT2D eigenvalue weighted by Crippen LogP contribution is -2.23. The summed E-state index contributed by atoms with van der Waals surface area (Å²) in [6.45, 7) is 1.81. The second kappa shape index (κ2) is 5.32. The Morgan fingerprint density at radius 2 is 2.28 bits per heavy atom. The fourth-order valence-corrected chi connectivity index (χ4v) is 1.60. The molecule has 2 aromatic rings. The molecule has 6 nitrogen and oxygen atoms in total. The van der Waals surface area contributed by atoms with Crippen molar-refractivity contribution in [1.29, 1.82) is 0 Å². The highest BCUT2D eigenvalue weighted by molar-refractivity contribution is 6.35. The Morgan fingerprint density at radius 3 is 2.94 bits per heavy atom. The summed E-state index contributed by atoms with van der Waals surface area (Å²) >= 11 is 11.5. The summed E-state index contributed by atoms with van der Waals surface area (Å²) in [7, 11) is 0. The molecular formula is C10H8Cl2N4O2. The zero-order valence-corrected chi connectivity index (χ0v) is 10.8. The molecule has 0 spiro atoms. The maximum Gasteiger partial charge on any atom is 0.253 e. The van der Waals surface area contributed by atoms with Crippen LogP contribution in [0.1, 0.15) is 22.1 Å². The van der Waals surface area contributed by atoms with Gasteiger partial charge in [0.2, 0.25) is 5.89 Å². The molecule has 0 radical (unpaired) electrons. The second-order valence-corrected chi connectivity index (χ2v) is 4.20. The number of aromatic nitrogens is 3. The number of nitrogens with zero attached hydrogens (tertiary/aromatic N) is 3. The standard InChI is InChI=1S/C10H8Cl2N4O2/c1-5-15-9(18-16-5)4-14-10(17)6-2-8(12)13-3-7(6)11/h2-3H,4H2,1H3,(H,14,17). The monoisotopic (exact) mass is 286 g/mol. The van der Waals surface area contributed by atoms with Crippen molar-refractivity contribution in [1.82, 2.24) is 20.4 Å². The van der Waals surface area contributed by atoms with Gasteiger partial charge in [-0.1, -0.05) is 28.4 Å². The van der Waals surface area contributed by atoms with Crippen LogP contribution < -0.4 is 5.32 Å². The maximum atomic E-state index is 11.8. The lowest BCUT2D eigenvalue weighted by molar-refractivity contribution is 0.0946. The fraction of sp³-hybridized carbons (Fsp3) is 0.200. The third-order valence-corrected chi connectivity index (χ3v) is 2.54. The van der Waals surface area contributed by atoms with Gasteiger partial charge in [-0.05, 0) is 13.0 Å². The van der Waals surface area contributed by atoms with Crippen molar-refractivity contribution in [2.45, 2.75) is 13.5 Å². The summed E-state index contributed by atoms with van der Waals surface area (Å²) in [5.74, 6) is 0.432. The number of aryl methyl sites for hydroxylation is 1. The highest BCUT2D eigenvalue weighted by Crippen LogP contribution is 2.17. The van der Waals surface area contributed by atoms with Crippen molar-refractivity contribution in [2.75, 3.05) is 0 Å². The molecule has 0 fully saturated rings. The van der Waals surface area contributed by atoms with Crippen molar-refractivity contribution >= 4 is 29.1 Å². The molecule has 0 bridgehead atoms. The van der Waals surface area contributed by atoms with Crippen LogP contribution in [0.5, 0.6) is 0 Å². The number of carbonyl (C=O) groups is 1. The summed E-state index contributed by atoms with van der Waals surface area (Å²) in [4.78, 5) is 19.5. The Bertz CT molecular complexity index is 585. The van der Waals surface area contributed by atoms with Gasteiger partial charge in [-0.3, -0.25) is 4.79 Å². The maximum absolute atomic E-state index is 11.8. The van der Waals surface area contributed by atoms with Crippen LogP contribution in [0.4, 0.5) is 0 Å². The van der Waals surface area contributed by atoms with E-state index in [2.05, 4.69) is 20.4 Å². The van der Waals surface area contributed by atoms with Gasteiger partial charge in [0.05, 0.1) is 17.1 Å². The average molecular weight is 287 g/mol. The molecule has 8 heteroatoms. The van der Waals surface area contributed by atoms with Gasteiger partial charge < -0.3 is 9.84 Å². The minimum absolute atomic E-state index is 0.121. The molecule has 0 aliphatic heterocycles. The number of hydrogen-bond donors (Lipinski definition) is 1. The molecule has 2 aromatic heterocycles. The van der Waals surface area contributed by atoms with Gasteiger partial charge in [0.1, 0.15) is 5.15 Å². The van der Waals surface area contributed by atoms with Gasteiger partial charge >= 0.3 is 0 Å². The summed E-state index contributed by atoms with van der Waals surface area (Å²) in [5.41, 5.74) is 0.243. The smallest absolute Gasteiger partial charge is 0.253 e. The molecule has 0 atom stereocenters. The van der Waals surface area contributed by atoms with Gasteiger partial charge in [-0.2, -0.15) is 4.98 Å². The van der Waals surface area contributed by atoms with Crippen molar-refractivity contribution in [3.05, 3.63) is 39.7 Å². The minimum atomic E-state index is -0.389. The second-order valence-electron chi connectivity index (χ2n) is 3.40. The van der Waals surface area contributed by atoms with Crippen LogP contribution in [0.25, 0.3) is 0 Å². The third-order valence-electron chi connectivity index (χ3n) is 2.04. The molecule has 0 aliphatic carbocycles. The predicted octanol–water partition coefficient (Wildman–Crippen LogP) is 2.01. The van der Waals surface area contributed by atoms with Crippen LogP contribution in [0.3, 0.4) is 0 Å².